The average molecular weight is 470 g/mol. The van der Waals surface area contributed by atoms with Crippen LogP contribution in [-0.4, -0.2) is 52.3 Å². The van der Waals surface area contributed by atoms with Gasteiger partial charge in [0, 0.05) is 36.3 Å². The Labute approximate surface area is 199 Å². The van der Waals surface area contributed by atoms with Crippen molar-refractivity contribution in [2.45, 2.75) is 55.3 Å². The predicted molar refractivity (Wildman–Crippen MR) is 129 cm³/mol. The van der Waals surface area contributed by atoms with Crippen LogP contribution in [0.4, 0.5) is 4.39 Å². The SMILES string of the molecule is C=C(C)[C@@H]1CC=C(CN2C[C@H](Sc3ccc(F)cc3)C[C@H]2C(=O)N(C)Cc2ccon2)CC1. The van der Waals surface area contributed by atoms with Crippen molar-refractivity contribution in [3.8, 4) is 0 Å². The monoisotopic (exact) mass is 469 g/mol. The number of benzene rings is 1. The van der Waals surface area contributed by atoms with E-state index in [1.807, 2.05) is 19.2 Å². The second-order valence-corrected chi connectivity index (χ2v) is 10.6. The van der Waals surface area contributed by atoms with Crippen molar-refractivity contribution < 1.29 is 13.7 Å². The summed E-state index contributed by atoms with van der Waals surface area (Å²) in [5.74, 6) is 0.448. The van der Waals surface area contributed by atoms with Gasteiger partial charge in [-0.05, 0) is 62.8 Å². The highest BCUT2D eigenvalue weighted by Gasteiger charge is 2.39. The first-order valence-corrected chi connectivity index (χ1v) is 12.4. The number of nitrogens with zero attached hydrogens (tertiary/aromatic N) is 3. The lowest BCUT2D eigenvalue weighted by Crippen LogP contribution is -2.44. The summed E-state index contributed by atoms with van der Waals surface area (Å²) in [4.78, 5) is 18.5. The molecule has 0 N–H and O–H groups in total. The van der Waals surface area contributed by atoms with Crippen molar-refractivity contribution in [2.75, 3.05) is 20.1 Å². The van der Waals surface area contributed by atoms with E-state index in [4.69, 9.17) is 4.52 Å². The van der Waals surface area contributed by atoms with Gasteiger partial charge in [0.05, 0.1) is 12.6 Å². The molecule has 0 spiro atoms. The van der Waals surface area contributed by atoms with E-state index < -0.39 is 0 Å². The lowest BCUT2D eigenvalue weighted by Gasteiger charge is -2.30. The number of likely N-dealkylation sites (N-methyl/N-ethyl adjacent to an activating group) is 1. The van der Waals surface area contributed by atoms with E-state index in [0.717, 1.165) is 49.4 Å². The average Bonchev–Trinajstić information content (AvgIpc) is 3.45. The summed E-state index contributed by atoms with van der Waals surface area (Å²) in [5, 5.41) is 4.22. The molecule has 1 fully saturated rings. The molecule has 1 amide bonds. The molecule has 0 bridgehead atoms. The van der Waals surface area contributed by atoms with Gasteiger partial charge in [0.1, 0.15) is 17.8 Å². The molecule has 2 heterocycles. The maximum Gasteiger partial charge on any atom is 0.240 e. The molecule has 2 aromatic rings. The Bertz CT molecular complexity index is 989. The van der Waals surface area contributed by atoms with Gasteiger partial charge in [-0.2, -0.15) is 0 Å². The zero-order valence-electron chi connectivity index (χ0n) is 19.4. The van der Waals surface area contributed by atoms with Crippen molar-refractivity contribution in [3.63, 3.8) is 0 Å². The topological polar surface area (TPSA) is 49.6 Å². The van der Waals surface area contributed by atoms with Gasteiger partial charge in [-0.3, -0.25) is 9.69 Å². The van der Waals surface area contributed by atoms with Gasteiger partial charge in [0.25, 0.3) is 0 Å². The molecule has 1 aliphatic carbocycles. The summed E-state index contributed by atoms with van der Waals surface area (Å²) in [5.41, 5.74) is 3.41. The maximum atomic E-state index is 13.4. The Morgan fingerprint density at radius 1 is 1.33 bits per heavy atom. The van der Waals surface area contributed by atoms with Crippen molar-refractivity contribution in [1.82, 2.24) is 15.0 Å². The van der Waals surface area contributed by atoms with Gasteiger partial charge >= 0.3 is 0 Å². The van der Waals surface area contributed by atoms with Crippen LogP contribution in [0.15, 0.2) is 69.8 Å². The van der Waals surface area contributed by atoms with Crippen LogP contribution in [0.3, 0.4) is 0 Å². The predicted octanol–water partition coefficient (Wildman–Crippen LogP) is 5.31. The van der Waals surface area contributed by atoms with Crippen molar-refractivity contribution >= 4 is 17.7 Å². The van der Waals surface area contributed by atoms with Gasteiger partial charge in [-0.15, -0.1) is 11.8 Å². The van der Waals surface area contributed by atoms with Crippen LogP contribution in [0.5, 0.6) is 0 Å². The van der Waals surface area contributed by atoms with E-state index in [9.17, 15) is 9.18 Å². The van der Waals surface area contributed by atoms with E-state index in [1.54, 1.807) is 22.7 Å². The van der Waals surface area contributed by atoms with Gasteiger partial charge in [0.2, 0.25) is 5.91 Å². The first-order valence-electron chi connectivity index (χ1n) is 11.5. The number of carbonyl (C=O) groups is 1. The van der Waals surface area contributed by atoms with E-state index >= 15 is 0 Å². The summed E-state index contributed by atoms with van der Waals surface area (Å²) in [6, 6.07) is 8.23. The lowest BCUT2D eigenvalue weighted by molar-refractivity contribution is -0.135. The minimum absolute atomic E-state index is 0.108. The number of halogens is 1. The van der Waals surface area contributed by atoms with Crippen molar-refractivity contribution in [2.24, 2.45) is 5.92 Å². The van der Waals surface area contributed by atoms with Crippen LogP contribution in [0, 0.1) is 11.7 Å². The number of hydrogen-bond donors (Lipinski definition) is 0. The standard InChI is InChI=1S/C26H32FN3O2S/c1-18(2)20-6-4-19(5-7-20)15-30-17-24(33-23-10-8-21(27)9-11-23)14-25(30)26(31)29(3)16-22-12-13-32-28-22/h4,8-13,20,24-25H,1,5-7,14-17H2,2-3H3/t20-,24-,25+/m1/s1. The Morgan fingerprint density at radius 2 is 2.12 bits per heavy atom. The van der Waals surface area contributed by atoms with Gasteiger partial charge in [0.15, 0.2) is 0 Å². The lowest BCUT2D eigenvalue weighted by atomic mass is 9.85. The molecule has 3 atom stereocenters. The Morgan fingerprint density at radius 3 is 2.76 bits per heavy atom. The van der Waals surface area contributed by atoms with Crippen LogP contribution in [-0.2, 0) is 11.3 Å². The summed E-state index contributed by atoms with van der Waals surface area (Å²) >= 11 is 1.73. The molecular formula is C26H32FN3O2S. The van der Waals surface area contributed by atoms with Crippen LogP contribution < -0.4 is 0 Å². The number of aromatic nitrogens is 1. The summed E-state index contributed by atoms with van der Waals surface area (Å²) in [7, 11) is 1.83. The second-order valence-electron chi connectivity index (χ2n) is 9.24. The zero-order valence-corrected chi connectivity index (χ0v) is 20.2. The van der Waals surface area contributed by atoms with E-state index in [-0.39, 0.29) is 23.0 Å². The third kappa shape index (κ3) is 6.15. The molecule has 1 aromatic heterocycles. The highest BCUT2D eigenvalue weighted by Crippen LogP contribution is 2.35. The normalized spacial score (nSPS) is 23.4. The number of amides is 1. The Kier molecular flexibility index (Phi) is 7.71. The molecule has 0 unspecified atom stereocenters. The molecule has 33 heavy (non-hydrogen) atoms. The molecule has 1 aromatic carbocycles. The summed E-state index contributed by atoms with van der Waals surface area (Å²) in [6.07, 6.45) is 7.87. The van der Waals surface area contributed by atoms with E-state index in [0.29, 0.717) is 12.5 Å². The fourth-order valence-electron chi connectivity index (χ4n) is 4.72. The molecule has 0 radical (unpaired) electrons. The van der Waals surface area contributed by atoms with Crippen molar-refractivity contribution in [1.29, 1.82) is 0 Å². The van der Waals surface area contributed by atoms with Crippen LogP contribution in [0.25, 0.3) is 0 Å². The molecular weight excluding hydrogens is 437 g/mol. The number of thioether (sulfide) groups is 1. The number of rotatable bonds is 8. The van der Waals surface area contributed by atoms with Crippen molar-refractivity contribution in [3.05, 3.63) is 71.9 Å². The maximum absolute atomic E-state index is 13.4. The van der Waals surface area contributed by atoms with Crippen LogP contribution in [0.2, 0.25) is 0 Å². The first kappa shape index (κ1) is 23.8. The van der Waals surface area contributed by atoms with Gasteiger partial charge in [-0.25, -0.2) is 4.39 Å². The first-order chi connectivity index (χ1) is 15.9. The molecule has 176 valence electrons. The summed E-state index contributed by atoms with van der Waals surface area (Å²) in [6.45, 7) is 8.31. The molecule has 1 aliphatic heterocycles. The number of allylic oxidation sites excluding steroid dienone is 2. The Balaban J connectivity index is 1.46. The van der Waals surface area contributed by atoms with Crippen LogP contribution in [0.1, 0.15) is 38.3 Å². The summed E-state index contributed by atoms with van der Waals surface area (Å²) < 4.78 is 18.2. The largest absolute Gasteiger partial charge is 0.364 e. The molecule has 0 saturated carbocycles. The fourth-order valence-corrected chi connectivity index (χ4v) is 5.94. The van der Waals surface area contributed by atoms with Crippen LogP contribution >= 0.6 is 11.8 Å². The highest BCUT2D eigenvalue weighted by atomic mass is 32.2. The third-order valence-corrected chi connectivity index (χ3v) is 7.86. The number of likely N-dealkylation sites (tertiary alicyclic amines) is 1. The second kappa shape index (κ2) is 10.7. The fraction of sp³-hybridized carbons (Fsp3) is 0.462. The third-order valence-electron chi connectivity index (χ3n) is 6.64. The minimum atomic E-state index is -0.229. The minimum Gasteiger partial charge on any atom is -0.364 e. The van der Waals surface area contributed by atoms with Gasteiger partial charge < -0.3 is 9.42 Å². The molecule has 4 rings (SSSR count). The van der Waals surface area contributed by atoms with E-state index in [2.05, 4.69) is 29.6 Å². The highest BCUT2D eigenvalue weighted by molar-refractivity contribution is 8.00. The smallest absolute Gasteiger partial charge is 0.240 e. The van der Waals surface area contributed by atoms with Gasteiger partial charge in [-0.1, -0.05) is 29.0 Å². The molecule has 5 nitrogen and oxygen atoms in total. The zero-order chi connectivity index (χ0) is 23.4. The molecule has 2 aliphatic rings. The molecule has 1 saturated heterocycles. The number of carbonyl (C=O) groups excluding carboxylic acids is 1. The quantitative estimate of drug-likeness (QED) is 0.491. The van der Waals surface area contributed by atoms with E-state index in [1.165, 1.54) is 29.5 Å². The Hall–Kier alpha value is -2.38. The number of hydrogen-bond acceptors (Lipinski definition) is 5. The molecule has 7 heteroatoms.